The van der Waals surface area contributed by atoms with E-state index in [0.717, 1.165) is 19.3 Å². The van der Waals surface area contributed by atoms with Crippen molar-refractivity contribution in [3.05, 3.63) is 0 Å². The lowest BCUT2D eigenvalue weighted by atomic mass is 9.98. The minimum Gasteiger partial charge on any atom is -0.394 e. The Morgan fingerprint density at radius 1 is 0.721 bits per heavy atom. The van der Waals surface area contributed by atoms with Gasteiger partial charge in [-0.15, -0.1) is 0 Å². The molecular formula is C31H61NO11. The van der Waals surface area contributed by atoms with Crippen molar-refractivity contribution < 1.29 is 55.1 Å². The van der Waals surface area contributed by atoms with E-state index in [4.69, 9.17) is 9.47 Å². The number of rotatable bonds is 26. The normalized spacial score (nSPS) is 25.3. The molecule has 9 N–H and O–H groups in total. The fourth-order valence-electron chi connectivity index (χ4n) is 5.34. The minimum absolute atomic E-state index is 0.280. The number of ether oxygens (including phenoxy) is 2. The summed E-state index contributed by atoms with van der Waals surface area (Å²) >= 11 is 0. The van der Waals surface area contributed by atoms with Gasteiger partial charge < -0.3 is 55.6 Å². The summed E-state index contributed by atoms with van der Waals surface area (Å²) in [6.07, 6.45) is 4.97. The molecule has 256 valence electrons. The van der Waals surface area contributed by atoms with Crippen LogP contribution in [0.15, 0.2) is 0 Å². The molecule has 0 spiro atoms. The Balaban J connectivity index is 2.22. The largest absolute Gasteiger partial charge is 0.394 e. The van der Waals surface area contributed by atoms with Crippen molar-refractivity contribution in [3.8, 4) is 0 Å². The summed E-state index contributed by atoms with van der Waals surface area (Å²) in [6.45, 7) is 0.872. The molecule has 0 saturated carbocycles. The van der Waals surface area contributed by atoms with Gasteiger partial charge in [0, 0.05) is 6.54 Å². The lowest BCUT2D eigenvalue weighted by Crippen LogP contribution is -2.62. The van der Waals surface area contributed by atoms with Gasteiger partial charge in [0.1, 0.15) is 42.7 Å². The molecule has 0 aliphatic carbocycles. The summed E-state index contributed by atoms with van der Waals surface area (Å²) in [5.74, 6) is -0.906. The first-order valence-electron chi connectivity index (χ1n) is 16.6. The van der Waals surface area contributed by atoms with E-state index in [0.29, 0.717) is 6.42 Å². The number of nitrogens with one attached hydrogen (secondary N) is 1. The van der Waals surface area contributed by atoms with Crippen LogP contribution in [-0.2, 0) is 14.3 Å². The second kappa shape index (κ2) is 24.3. The average molecular weight is 624 g/mol. The summed E-state index contributed by atoms with van der Waals surface area (Å²) in [5.41, 5.74) is 0. The van der Waals surface area contributed by atoms with E-state index < -0.39 is 74.2 Å². The Morgan fingerprint density at radius 3 is 1.63 bits per heavy atom. The van der Waals surface area contributed by atoms with Gasteiger partial charge in [0.05, 0.1) is 13.2 Å². The predicted molar refractivity (Wildman–Crippen MR) is 161 cm³/mol. The number of unbranched alkanes of at least 4 members (excludes halogenated alkanes) is 16. The quantitative estimate of drug-likeness (QED) is 0.0621. The van der Waals surface area contributed by atoms with E-state index >= 15 is 0 Å². The van der Waals surface area contributed by atoms with Crippen LogP contribution in [-0.4, -0.2) is 122 Å². The fraction of sp³-hybridized carbons (Fsp3) is 0.968. The first-order chi connectivity index (χ1) is 20.7. The Labute approximate surface area is 257 Å². The zero-order chi connectivity index (χ0) is 32.0. The van der Waals surface area contributed by atoms with Gasteiger partial charge in [-0.25, -0.2) is 0 Å². The molecule has 1 heterocycles. The highest BCUT2D eigenvalue weighted by Gasteiger charge is 2.47. The Kier molecular flexibility index (Phi) is 22.7. The summed E-state index contributed by atoms with van der Waals surface area (Å²) in [5, 5.41) is 82.3. The SMILES string of the molecule is CCCCCCCCCCCCCCCCCCCNC(=O)[C@H](O)[C@@H](O)[C@H](O[C@H]1OC(CO)[C@@H](O)C(O)C1O)[C@H](O)CO. The van der Waals surface area contributed by atoms with Gasteiger partial charge >= 0.3 is 0 Å². The highest BCUT2D eigenvalue weighted by Crippen LogP contribution is 2.25. The number of carbonyl (C=O) groups is 1. The maximum atomic E-state index is 12.4. The van der Waals surface area contributed by atoms with Crippen LogP contribution < -0.4 is 5.32 Å². The van der Waals surface area contributed by atoms with Crippen LogP contribution in [0.2, 0.25) is 0 Å². The van der Waals surface area contributed by atoms with Crippen LogP contribution >= 0.6 is 0 Å². The van der Waals surface area contributed by atoms with Crippen molar-refractivity contribution in [2.45, 2.75) is 171 Å². The Hall–Kier alpha value is -0.930. The maximum Gasteiger partial charge on any atom is 0.251 e. The van der Waals surface area contributed by atoms with Crippen LogP contribution in [0, 0.1) is 0 Å². The first kappa shape index (κ1) is 40.1. The van der Waals surface area contributed by atoms with E-state index in [1.807, 2.05) is 0 Å². The third kappa shape index (κ3) is 15.8. The van der Waals surface area contributed by atoms with Crippen molar-refractivity contribution in [3.63, 3.8) is 0 Å². The van der Waals surface area contributed by atoms with Crippen molar-refractivity contribution in [1.29, 1.82) is 0 Å². The molecule has 1 saturated heterocycles. The van der Waals surface area contributed by atoms with Crippen molar-refractivity contribution >= 4 is 5.91 Å². The highest BCUT2D eigenvalue weighted by molar-refractivity contribution is 5.81. The molecular weight excluding hydrogens is 562 g/mol. The van der Waals surface area contributed by atoms with E-state index in [9.17, 15) is 45.6 Å². The standard InChI is InChI=1S/C31H61NO11/c1-2-3-4-5-6-7-8-9-10-11-12-13-14-15-16-17-18-19-32-30(41)27(39)26(38)29(22(35)20-33)43-31-28(40)25(37)24(36)23(21-34)42-31/h22-29,31,33-40H,2-21H2,1H3,(H,32,41)/t22-,23?,24-,25?,26-,27-,28?,29-,31-/m1/s1. The number of amides is 1. The van der Waals surface area contributed by atoms with Crippen molar-refractivity contribution in [2.75, 3.05) is 19.8 Å². The Morgan fingerprint density at radius 2 is 1.19 bits per heavy atom. The molecule has 12 nitrogen and oxygen atoms in total. The first-order valence-corrected chi connectivity index (χ1v) is 16.6. The molecule has 1 fully saturated rings. The molecule has 1 aliphatic heterocycles. The molecule has 3 unspecified atom stereocenters. The van der Waals surface area contributed by atoms with Gasteiger partial charge in [-0.05, 0) is 6.42 Å². The predicted octanol–water partition coefficient (Wildman–Crippen LogP) is 1.01. The molecule has 1 rings (SSSR count). The molecule has 9 atom stereocenters. The summed E-state index contributed by atoms with van der Waals surface area (Å²) in [6, 6.07) is 0. The number of aliphatic hydroxyl groups is 8. The van der Waals surface area contributed by atoms with Crippen LogP contribution in [0.3, 0.4) is 0 Å². The molecule has 1 amide bonds. The van der Waals surface area contributed by atoms with E-state index in [1.54, 1.807) is 0 Å². The second-order valence-electron chi connectivity index (χ2n) is 11.9. The molecule has 0 bridgehead atoms. The molecule has 1 aliphatic rings. The lowest BCUT2D eigenvalue weighted by molar-refractivity contribution is -0.326. The summed E-state index contributed by atoms with van der Waals surface area (Å²) in [7, 11) is 0. The van der Waals surface area contributed by atoms with Crippen LogP contribution in [0.25, 0.3) is 0 Å². The number of hydrogen-bond acceptors (Lipinski definition) is 11. The van der Waals surface area contributed by atoms with Gasteiger partial charge in [0.2, 0.25) is 0 Å². The average Bonchev–Trinajstić information content (AvgIpc) is 3.01. The topological polar surface area (TPSA) is 209 Å². The summed E-state index contributed by atoms with van der Waals surface area (Å²) in [4.78, 5) is 12.4. The van der Waals surface area contributed by atoms with E-state index in [1.165, 1.54) is 83.5 Å². The number of hydrogen-bond donors (Lipinski definition) is 9. The van der Waals surface area contributed by atoms with Crippen LogP contribution in [0.4, 0.5) is 0 Å². The number of carbonyl (C=O) groups excluding carboxylic acids is 1. The van der Waals surface area contributed by atoms with Crippen LogP contribution in [0.5, 0.6) is 0 Å². The zero-order valence-corrected chi connectivity index (χ0v) is 26.1. The van der Waals surface area contributed by atoms with Gasteiger partial charge in [0.15, 0.2) is 12.4 Å². The highest BCUT2D eigenvalue weighted by atomic mass is 16.7. The van der Waals surface area contributed by atoms with Crippen molar-refractivity contribution in [1.82, 2.24) is 5.32 Å². The van der Waals surface area contributed by atoms with E-state index in [2.05, 4.69) is 12.2 Å². The monoisotopic (exact) mass is 623 g/mol. The minimum atomic E-state index is -2.04. The van der Waals surface area contributed by atoms with E-state index in [-0.39, 0.29) is 6.54 Å². The maximum absolute atomic E-state index is 12.4. The van der Waals surface area contributed by atoms with Gasteiger partial charge in [-0.2, -0.15) is 0 Å². The molecule has 0 aromatic heterocycles. The summed E-state index contributed by atoms with van der Waals surface area (Å²) < 4.78 is 10.5. The van der Waals surface area contributed by atoms with Gasteiger partial charge in [0.25, 0.3) is 5.91 Å². The second-order valence-corrected chi connectivity index (χ2v) is 11.9. The number of aliphatic hydroxyl groups excluding tert-OH is 8. The third-order valence-electron chi connectivity index (χ3n) is 8.21. The molecule has 12 heteroatoms. The lowest BCUT2D eigenvalue weighted by Gasteiger charge is -2.42. The third-order valence-corrected chi connectivity index (χ3v) is 8.21. The zero-order valence-electron chi connectivity index (χ0n) is 26.1. The fourth-order valence-corrected chi connectivity index (χ4v) is 5.34. The van der Waals surface area contributed by atoms with Gasteiger partial charge in [-0.1, -0.05) is 110 Å². The molecule has 0 aromatic rings. The Bertz CT molecular complexity index is 686. The van der Waals surface area contributed by atoms with Gasteiger partial charge in [-0.3, -0.25) is 4.79 Å². The smallest absolute Gasteiger partial charge is 0.251 e. The molecule has 0 aromatic carbocycles. The van der Waals surface area contributed by atoms with Crippen molar-refractivity contribution in [2.24, 2.45) is 0 Å². The molecule has 43 heavy (non-hydrogen) atoms. The molecule has 0 radical (unpaired) electrons. The van der Waals surface area contributed by atoms with Crippen LogP contribution in [0.1, 0.15) is 116 Å².